The molecule has 2 atom stereocenters. The molecule has 0 amide bonds. The minimum atomic E-state index is -4.81. The highest BCUT2D eigenvalue weighted by molar-refractivity contribution is 7.46. The van der Waals surface area contributed by atoms with E-state index >= 15 is 0 Å². The number of phosphoric ester groups is 1. The van der Waals surface area contributed by atoms with Gasteiger partial charge in [-0.25, -0.2) is 4.57 Å². The van der Waals surface area contributed by atoms with Crippen molar-refractivity contribution in [2.24, 2.45) is 0 Å². The molecular weight excluding hydrogens is 667 g/mol. The van der Waals surface area contributed by atoms with Crippen molar-refractivity contribution in [3.8, 4) is 0 Å². The molecule has 10 heteroatoms. The van der Waals surface area contributed by atoms with Gasteiger partial charge < -0.3 is 24.4 Å². The molecule has 0 aromatic heterocycles. The van der Waals surface area contributed by atoms with E-state index in [9.17, 15) is 19.3 Å². The van der Waals surface area contributed by atoms with Gasteiger partial charge in [0.15, 0.2) is 6.10 Å². The Balaban J connectivity index is 4.22. The molecule has 292 valence electrons. The lowest BCUT2D eigenvalue weighted by atomic mass is 10.1. The largest absolute Gasteiger partial charge is 0.469 e. The zero-order chi connectivity index (χ0) is 37.7. The second-order valence-electron chi connectivity index (χ2n) is 12.8. The van der Waals surface area contributed by atoms with Gasteiger partial charge in [-0.05, 0) is 70.6 Å². The van der Waals surface area contributed by atoms with Gasteiger partial charge >= 0.3 is 19.8 Å². The number of hydrogen-bond acceptors (Lipinski definition) is 7. The molecule has 51 heavy (non-hydrogen) atoms. The number of unbranched alkanes of at least 4 members (excludes halogenated alkanes) is 12. The number of phosphoric acid groups is 1. The SMILES string of the molecule is CCCCC/C=C\C/C=C\C/C=C\C=C\[C@H](O)CCCC(=O)O[C@H](COC(=O)CCCCCCC/C=C\C=C/CCCCCC)COP(=O)(O)O. The number of hydrogen-bond donors (Lipinski definition) is 3. The maximum Gasteiger partial charge on any atom is 0.469 e. The van der Waals surface area contributed by atoms with Crippen LogP contribution in [0.2, 0.25) is 0 Å². The van der Waals surface area contributed by atoms with Crippen molar-refractivity contribution in [1.82, 2.24) is 0 Å². The minimum Gasteiger partial charge on any atom is -0.462 e. The van der Waals surface area contributed by atoms with Gasteiger partial charge in [0.25, 0.3) is 0 Å². The Morgan fingerprint density at radius 1 is 0.608 bits per heavy atom. The number of rotatable bonds is 34. The van der Waals surface area contributed by atoms with E-state index in [1.165, 1.54) is 44.9 Å². The smallest absolute Gasteiger partial charge is 0.462 e. The summed E-state index contributed by atoms with van der Waals surface area (Å²) < 4.78 is 26.2. The standard InChI is InChI=1S/C41H69O9P/c1-3-5-7-9-11-13-15-17-18-20-22-24-26-28-30-34-40(43)48-36-39(37-49-51(45,46)47)50-41(44)35-31-33-38(42)32-29-27-25-23-21-19-16-14-12-10-8-6-4-2/h12-15,17-19,21,25,27,29,32,38-39,42H,3-11,16,20,22-24,26,28,30-31,33-37H2,1-2H3,(H2,45,46,47)/b14-12-,15-13-,18-17-,21-19-,27-25-,32-29+/t38-,39+/m0/s1. The van der Waals surface area contributed by atoms with Gasteiger partial charge in [0.1, 0.15) is 6.61 Å². The lowest BCUT2D eigenvalue weighted by Crippen LogP contribution is -2.29. The van der Waals surface area contributed by atoms with Crippen molar-refractivity contribution in [3.63, 3.8) is 0 Å². The van der Waals surface area contributed by atoms with Crippen molar-refractivity contribution in [2.75, 3.05) is 13.2 Å². The zero-order valence-electron chi connectivity index (χ0n) is 31.6. The Morgan fingerprint density at radius 2 is 1.14 bits per heavy atom. The molecule has 0 heterocycles. The summed E-state index contributed by atoms with van der Waals surface area (Å²) in [5.41, 5.74) is 0. The third kappa shape index (κ3) is 38.5. The number of aliphatic hydroxyl groups excluding tert-OH is 1. The van der Waals surface area contributed by atoms with Crippen LogP contribution in [0.25, 0.3) is 0 Å². The maximum absolute atomic E-state index is 12.4. The van der Waals surface area contributed by atoms with E-state index in [1.54, 1.807) is 12.2 Å². The third-order valence-electron chi connectivity index (χ3n) is 7.83. The molecule has 0 saturated carbocycles. The summed E-state index contributed by atoms with van der Waals surface area (Å²) in [7, 11) is -4.81. The van der Waals surface area contributed by atoms with E-state index in [4.69, 9.17) is 19.3 Å². The van der Waals surface area contributed by atoms with Gasteiger partial charge in [-0.2, -0.15) is 0 Å². The lowest BCUT2D eigenvalue weighted by Gasteiger charge is -2.18. The molecule has 0 unspecified atom stereocenters. The normalized spacial score (nSPS) is 13.9. The van der Waals surface area contributed by atoms with Crippen LogP contribution in [-0.4, -0.2) is 52.3 Å². The fourth-order valence-electron chi connectivity index (χ4n) is 4.88. The molecule has 9 nitrogen and oxygen atoms in total. The summed E-state index contributed by atoms with van der Waals surface area (Å²) >= 11 is 0. The van der Waals surface area contributed by atoms with Crippen LogP contribution in [0, 0.1) is 0 Å². The van der Waals surface area contributed by atoms with Crippen molar-refractivity contribution in [2.45, 2.75) is 161 Å². The molecule has 0 radical (unpaired) electrons. The summed E-state index contributed by atoms with van der Waals surface area (Å²) in [5, 5.41) is 10.2. The molecule has 0 rings (SSSR count). The van der Waals surface area contributed by atoms with E-state index in [1.807, 2.05) is 12.2 Å². The van der Waals surface area contributed by atoms with Crippen LogP contribution in [0.3, 0.4) is 0 Å². The van der Waals surface area contributed by atoms with Crippen LogP contribution in [0.15, 0.2) is 72.9 Å². The number of ether oxygens (including phenoxy) is 2. The number of carbonyl (C=O) groups excluding carboxylic acids is 2. The van der Waals surface area contributed by atoms with E-state index < -0.39 is 38.6 Å². The van der Waals surface area contributed by atoms with Crippen LogP contribution < -0.4 is 0 Å². The molecule has 0 aromatic rings. The monoisotopic (exact) mass is 736 g/mol. The lowest BCUT2D eigenvalue weighted by molar-refractivity contribution is -0.161. The maximum atomic E-state index is 12.4. The minimum absolute atomic E-state index is 0.0233. The molecule has 0 aliphatic rings. The summed E-state index contributed by atoms with van der Waals surface area (Å²) in [5.74, 6) is -1.11. The first kappa shape index (κ1) is 48.5. The topological polar surface area (TPSA) is 140 Å². The second-order valence-corrected chi connectivity index (χ2v) is 14.0. The average Bonchev–Trinajstić information content (AvgIpc) is 3.09. The average molecular weight is 737 g/mol. The molecule has 0 saturated heterocycles. The van der Waals surface area contributed by atoms with E-state index in [0.29, 0.717) is 19.3 Å². The van der Waals surface area contributed by atoms with Gasteiger partial charge in [-0.15, -0.1) is 0 Å². The van der Waals surface area contributed by atoms with Gasteiger partial charge in [-0.1, -0.05) is 138 Å². The van der Waals surface area contributed by atoms with Crippen LogP contribution >= 0.6 is 7.82 Å². The predicted octanol–water partition coefficient (Wildman–Crippen LogP) is 10.5. The van der Waals surface area contributed by atoms with Crippen molar-refractivity contribution < 1.29 is 43.0 Å². The van der Waals surface area contributed by atoms with Gasteiger partial charge in [0.2, 0.25) is 0 Å². The fourth-order valence-corrected chi connectivity index (χ4v) is 5.24. The molecule has 0 aromatic carbocycles. The second kappa shape index (κ2) is 35.8. The van der Waals surface area contributed by atoms with Gasteiger partial charge in [0.05, 0.1) is 12.7 Å². The van der Waals surface area contributed by atoms with E-state index in [-0.39, 0.29) is 19.4 Å². The Labute approximate surface area is 309 Å². The van der Waals surface area contributed by atoms with E-state index in [2.05, 4.69) is 67.0 Å². The fraction of sp³-hybridized carbons (Fsp3) is 0.659. The van der Waals surface area contributed by atoms with Crippen LogP contribution in [-0.2, 0) is 28.2 Å². The van der Waals surface area contributed by atoms with Crippen molar-refractivity contribution in [1.29, 1.82) is 0 Å². The van der Waals surface area contributed by atoms with Crippen molar-refractivity contribution in [3.05, 3.63) is 72.9 Å². The number of esters is 2. The highest BCUT2D eigenvalue weighted by atomic mass is 31.2. The molecular formula is C41H69O9P. The third-order valence-corrected chi connectivity index (χ3v) is 8.31. The highest BCUT2D eigenvalue weighted by Crippen LogP contribution is 2.36. The van der Waals surface area contributed by atoms with E-state index in [0.717, 1.165) is 57.8 Å². The summed E-state index contributed by atoms with van der Waals surface area (Å²) in [6, 6.07) is 0. The molecule has 0 bridgehead atoms. The molecule has 0 spiro atoms. The Kier molecular flexibility index (Phi) is 34.0. The highest BCUT2D eigenvalue weighted by Gasteiger charge is 2.23. The molecule has 0 aliphatic heterocycles. The summed E-state index contributed by atoms with van der Waals surface area (Å²) in [6.07, 6.45) is 42.2. The first-order chi connectivity index (χ1) is 24.7. The predicted molar refractivity (Wildman–Crippen MR) is 208 cm³/mol. The summed E-state index contributed by atoms with van der Waals surface area (Å²) in [6.45, 7) is 3.44. The van der Waals surface area contributed by atoms with Gasteiger partial charge in [-0.3, -0.25) is 14.1 Å². The quantitative estimate of drug-likeness (QED) is 0.0194. The first-order valence-corrected chi connectivity index (χ1v) is 20.9. The van der Waals surface area contributed by atoms with Crippen LogP contribution in [0.1, 0.15) is 149 Å². The molecule has 0 fully saturated rings. The Bertz CT molecular complexity index is 1070. The Hall–Kier alpha value is -2.55. The first-order valence-electron chi connectivity index (χ1n) is 19.4. The molecule has 0 aliphatic carbocycles. The van der Waals surface area contributed by atoms with Gasteiger partial charge in [0, 0.05) is 12.8 Å². The van der Waals surface area contributed by atoms with Crippen LogP contribution in [0.4, 0.5) is 0 Å². The zero-order valence-corrected chi connectivity index (χ0v) is 32.5. The summed E-state index contributed by atoms with van der Waals surface area (Å²) in [4.78, 5) is 42.7. The van der Waals surface area contributed by atoms with Crippen LogP contribution in [0.5, 0.6) is 0 Å². The van der Waals surface area contributed by atoms with Crippen molar-refractivity contribution >= 4 is 19.8 Å². The number of aliphatic hydroxyl groups is 1. The number of allylic oxidation sites excluding steroid dienone is 11. The Morgan fingerprint density at radius 3 is 1.82 bits per heavy atom. The molecule has 3 N–H and O–H groups in total. The number of carbonyl (C=O) groups is 2.